The Kier molecular flexibility index (Phi) is 4.58. The first kappa shape index (κ1) is 16.8. The summed E-state index contributed by atoms with van der Waals surface area (Å²) in [5.74, 6) is 0.440. The van der Waals surface area contributed by atoms with Gasteiger partial charge in [-0.3, -0.25) is 15.6 Å². The number of carbonyl (C=O) groups excluding carboxylic acids is 1. The Balaban J connectivity index is 1.54. The van der Waals surface area contributed by atoms with Crippen molar-refractivity contribution in [2.45, 2.75) is 6.92 Å². The number of hydrazine groups is 1. The number of nitrogens with zero attached hydrogens (tertiary/aromatic N) is 1. The van der Waals surface area contributed by atoms with Crippen LogP contribution in [0.25, 0.3) is 21.8 Å². The molecule has 0 bridgehead atoms. The van der Waals surface area contributed by atoms with Crippen molar-refractivity contribution in [2.24, 2.45) is 0 Å². The standard InChI is InChI=1S/C22H19N3O2/c1-15-8-2-7-13-20(15)27-14-21(26)24-25-22-16-9-3-5-11-18(16)23-19-12-6-4-10-17(19)22/h2-13H,14H2,1H3,(H,23,25)(H,24,26). The third kappa shape index (κ3) is 3.53. The summed E-state index contributed by atoms with van der Waals surface area (Å²) < 4.78 is 5.60. The van der Waals surface area contributed by atoms with Crippen molar-refractivity contribution in [3.8, 4) is 5.75 Å². The summed E-state index contributed by atoms with van der Waals surface area (Å²) in [6.45, 7) is 1.87. The molecule has 0 aliphatic rings. The number of hydrogen-bond donors (Lipinski definition) is 2. The molecule has 4 rings (SSSR count). The van der Waals surface area contributed by atoms with E-state index in [-0.39, 0.29) is 12.5 Å². The van der Waals surface area contributed by atoms with E-state index in [1.165, 1.54) is 0 Å². The SMILES string of the molecule is Cc1ccccc1OCC(=O)NNc1c2ccccc2nc2ccccc12. The number of aromatic nitrogens is 1. The highest BCUT2D eigenvalue weighted by molar-refractivity contribution is 6.07. The zero-order valence-electron chi connectivity index (χ0n) is 14.9. The number of amides is 1. The molecule has 0 spiro atoms. The van der Waals surface area contributed by atoms with Crippen molar-refractivity contribution in [3.63, 3.8) is 0 Å². The maximum atomic E-state index is 12.3. The zero-order valence-corrected chi connectivity index (χ0v) is 14.9. The van der Waals surface area contributed by atoms with E-state index in [4.69, 9.17) is 4.74 Å². The van der Waals surface area contributed by atoms with Crippen molar-refractivity contribution in [2.75, 3.05) is 12.0 Å². The lowest BCUT2D eigenvalue weighted by Crippen LogP contribution is -2.33. The quantitative estimate of drug-likeness (QED) is 0.415. The smallest absolute Gasteiger partial charge is 0.276 e. The van der Waals surface area contributed by atoms with Gasteiger partial charge in [0.2, 0.25) is 0 Å². The molecule has 0 aliphatic carbocycles. The largest absolute Gasteiger partial charge is 0.483 e. The molecule has 1 heterocycles. The third-order valence-electron chi connectivity index (χ3n) is 4.37. The summed E-state index contributed by atoms with van der Waals surface area (Å²) in [4.78, 5) is 16.9. The first-order chi connectivity index (χ1) is 13.2. The van der Waals surface area contributed by atoms with Crippen molar-refractivity contribution in [1.29, 1.82) is 0 Å². The Morgan fingerprint density at radius 2 is 1.48 bits per heavy atom. The molecule has 0 aliphatic heterocycles. The Bertz CT molecular complexity index is 1070. The first-order valence-corrected chi connectivity index (χ1v) is 8.73. The molecule has 0 saturated heterocycles. The number of carbonyl (C=O) groups is 1. The average Bonchev–Trinajstić information content (AvgIpc) is 2.70. The lowest BCUT2D eigenvalue weighted by Gasteiger charge is -2.14. The summed E-state index contributed by atoms with van der Waals surface area (Å²) in [5.41, 5.74) is 9.33. The van der Waals surface area contributed by atoms with E-state index >= 15 is 0 Å². The van der Waals surface area contributed by atoms with Crippen LogP contribution in [0.5, 0.6) is 5.75 Å². The fraction of sp³-hybridized carbons (Fsp3) is 0.0909. The van der Waals surface area contributed by atoms with Gasteiger partial charge in [-0.2, -0.15) is 0 Å². The molecular formula is C22H19N3O2. The van der Waals surface area contributed by atoms with Crippen LogP contribution in [0.4, 0.5) is 5.69 Å². The fourth-order valence-corrected chi connectivity index (χ4v) is 3.00. The summed E-state index contributed by atoms with van der Waals surface area (Å²) in [7, 11) is 0. The van der Waals surface area contributed by atoms with Gasteiger partial charge in [0, 0.05) is 10.8 Å². The molecule has 3 aromatic carbocycles. The van der Waals surface area contributed by atoms with Gasteiger partial charge < -0.3 is 4.74 Å². The molecule has 27 heavy (non-hydrogen) atoms. The second-order valence-electron chi connectivity index (χ2n) is 6.25. The van der Waals surface area contributed by atoms with Crippen LogP contribution >= 0.6 is 0 Å². The number of benzene rings is 3. The first-order valence-electron chi connectivity index (χ1n) is 8.73. The number of para-hydroxylation sites is 3. The normalized spacial score (nSPS) is 10.7. The molecule has 0 saturated carbocycles. The molecule has 134 valence electrons. The number of rotatable bonds is 5. The molecule has 5 heteroatoms. The van der Waals surface area contributed by atoms with Gasteiger partial charge in [0.1, 0.15) is 5.75 Å². The number of aryl methyl sites for hydroxylation is 1. The van der Waals surface area contributed by atoms with Crippen molar-refractivity contribution in [3.05, 3.63) is 78.4 Å². The topological polar surface area (TPSA) is 63.2 Å². The van der Waals surface area contributed by atoms with Crippen molar-refractivity contribution < 1.29 is 9.53 Å². The Morgan fingerprint density at radius 3 is 2.15 bits per heavy atom. The molecule has 4 aromatic rings. The summed E-state index contributed by atoms with van der Waals surface area (Å²) in [5, 5.41) is 1.88. The van der Waals surface area contributed by atoms with Crippen LogP contribution in [-0.2, 0) is 4.79 Å². The summed E-state index contributed by atoms with van der Waals surface area (Å²) >= 11 is 0. The van der Waals surface area contributed by atoms with E-state index in [9.17, 15) is 4.79 Å². The van der Waals surface area contributed by atoms with Gasteiger partial charge in [0.25, 0.3) is 5.91 Å². The number of anilines is 1. The van der Waals surface area contributed by atoms with Crippen LogP contribution in [0.2, 0.25) is 0 Å². The van der Waals surface area contributed by atoms with Gasteiger partial charge in [-0.05, 0) is 30.7 Å². The van der Waals surface area contributed by atoms with Gasteiger partial charge in [-0.1, -0.05) is 54.6 Å². The highest BCUT2D eigenvalue weighted by Gasteiger charge is 2.10. The van der Waals surface area contributed by atoms with E-state index in [1.807, 2.05) is 79.7 Å². The maximum Gasteiger partial charge on any atom is 0.276 e. The van der Waals surface area contributed by atoms with E-state index in [1.54, 1.807) is 0 Å². The monoisotopic (exact) mass is 357 g/mol. The molecule has 1 aromatic heterocycles. The molecule has 2 N–H and O–H groups in total. The Labute approximate surface area is 157 Å². The molecule has 0 radical (unpaired) electrons. The third-order valence-corrected chi connectivity index (χ3v) is 4.37. The van der Waals surface area contributed by atoms with Gasteiger partial charge >= 0.3 is 0 Å². The average molecular weight is 357 g/mol. The molecule has 5 nitrogen and oxygen atoms in total. The van der Waals surface area contributed by atoms with E-state index in [2.05, 4.69) is 15.8 Å². The number of hydrogen-bond acceptors (Lipinski definition) is 4. The van der Waals surface area contributed by atoms with Crippen LogP contribution in [0.1, 0.15) is 5.56 Å². The number of ether oxygens (including phenoxy) is 1. The summed E-state index contributed by atoms with van der Waals surface area (Å²) in [6, 6.07) is 23.3. The Morgan fingerprint density at radius 1 is 0.889 bits per heavy atom. The minimum Gasteiger partial charge on any atom is -0.483 e. The highest BCUT2D eigenvalue weighted by Crippen LogP contribution is 2.29. The predicted octanol–water partition coefficient (Wildman–Crippen LogP) is 4.22. The highest BCUT2D eigenvalue weighted by atomic mass is 16.5. The summed E-state index contributed by atoms with van der Waals surface area (Å²) in [6.07, 6.45) is 0. The number of pyridine rings is 1. The number of nitrogens with one attached hydrogen (secondary N) is 2. The van der Waals surface area contributed by atoms with E-state index in [0.717, 1.165) is 33.1 Å². The van der Waals surface area contributed by atoms with E-state index in [0.29, 0.717) is 5.75 Å². The van der Waals surface area contributed by atoms with Gasteiger partial charge in [0.05, 0.1) is 16.7 Å². The minimum atomic E-state index is -0.261. The number of fused-ring (bicyclic) bond motifs is 2. The van der Waals surface area contributed by atoms with Crippen molar-refractivity contribution >= 4 is 33.4 Å². The predicted molar refractivity (Wildman–Crippen MR) is 108 cm³/mol. The molecule has 1 amide bonds. The van der Waals surface area contributed by atoms with Crippen LogP contribution in [0.15, 0.2) is 72.8 Å². The molecule has 0 atom stereocenters. The van der Waals surface area contributed by atoms with Crippen LogP contribution in [-0.4, -0.2) is 17.5 Å². The lowest BCUT2D eigenvalue weighted by atomic mass is 10.1. The second kappa shape index (κ2) is 7.33. The zero-order chi connectivity index (χ0) is 18.6. The lowest BCUT2D eigenvalue weighted by molar-refractivity contribution is -0.122. The van der Waals surface area contributed by atoms with Crippen LogP contribution in [0, 0.1) is 6.92 Å². The molecular weight excluding hydrogens is 338 g/mol. The van der Waals surface area contributed by atoms with Gasteiger partial charge in [-0.25, -0.2) is 4.98 Å². The molecule has 0 fully saturated rings. The van der Waals surface area contributed by atoms with Gasteiger partial charge in [-0.15, -0.1) is 0 Å². The van der Waals surface area contributed by atoms with Crippen molar-refractivity contribution in [1.82, 2.24) is 10.4 Å². The van der Waals surface area contributed by atoms with E-state index < -0.39 is 0 Å². The minimum absolute atomic E-state index is 0.0706. The maximum absolute atomic E-state index is 12.3. The van der Waals surface area contributed by atoms with Crippen LogP contribution < -0.4 is 15.6 Å². The fourth-order valence-electron chi connectivity index (χ4n) is 3.00. The second-order valence-corrected chi connectivity index (χ2v) is 6.25. The van der Waals surface area contributed by atoms with Gasteiger partial charge in [0.15, 0.2) is 6.61 Å². The molecule has 0 unspecified atom stereocenters. The van der Waals surface area contributed by atoms with Crippen LogP contribution in [0.3, 0.4) is 0 Å². The Hall–Kier alpha value is -3.60.